The predicted molar refractivity (Wildman–Crippen MR) is 97.8 cm³/mol. The van der Waals surface area contributed by atoms with Crippen molar-refractivity contribution in [3.05, 3.63) is 79.3 Å². The zero-order chi connectivity index (χ0) is 16.9. The zero-order valence-corrected chi connectivity index (χ0v) is 14.8. The third-order valence-electron chi connectivity index (χ3n) is 3.17. The van der Waals surface area contributed by atoms with Crippen LogP contribution in [-0.2, 0) is 6.61 Å². The van der Waals surface area contributed by atoms with E-state index in [0.717, 1.165) is 4.88 Å². The SMILES string of the molecule is O=C(Nc1cc(Br)c[nH]c1=O)c1cccc(OCc2cccs2)c1. The van der Waals surface area contributed by atoms with E-state index in [1.807, 2.05) is 17.5 Å². The van der Waals surface area contributed by atoms with E-state index in [0.29, 0.717) is 22.4 Å². The van der Waals surface area contributed by atoms with Crippen molar-refractivity contribution in [3.63, 3.8) is 0 Å². The largest absolute Gasteiger partial charge is 0.488 e. The van der Waals surface area contributed by atoms with Crippen molar-refractivity contribution < 1.29 is 9.53 Å². The Hall–Kier alpha value is -2.38. The molecule has 2 heterocycles. The van der Waals surface area contributed by atoms with Crippen LogP contribution in [0.5, 0.6) is 5.75 Å². The summed E-state index contributed by atoms with van der Waals surface area (Å²) in [4.78, 5) is 27.7. The minimum Gasteiger partial charge on any atom is -0.488 e. The molecule has 0 aliphatic heterocycles. The Morgan fingerprint density at radius 1 is 1.25 bits per heavy atom. The van der Waals surface area contributed by atoms with E-state index in [-0.39, 0.29) is 17.2 Å². The Bertz CT molecular complexity index is 906. The van der Waals surface area contributed by atoms with Gasteiger partial charge in [-0.15, -0.1) is 11.3 Å². The predicted octanol–water partition coefficient (Wildman–Crippen LogP) is 4.03. The molecule has 0 fully saturated rings. The molecule has 0 saturated carbocycles. The maximum Gasteiger partial charge on any atom is 0.271 e. The van der Waals surface area contributed by atoms with Crippen molar-refractivity contribution in [1.82, 2.24) is 4.98 Å². The maximum atomic E-state index is 12.3. The van der Waals surface area contributed by atoms with Crippen molar-refractivity contribution in [1.29, 1.82) is 0 Å². The van der Waals surface area contributed by atoms with Crippen LogP contribution in [0.1, 0.15) is 15.2 Å². The zero-order valence-electron chi connectivity index (χ0n) is 12.4. The lowest BCUT2D eigenvalue weighted by molar-refractivity contribution is 0.102. The van der Waals surface area contributed by atoms with Crippen LogP contribution in [0.3, 0.4) is 0 Å². The second-order valence-electron chi connectivity index (χ2n) is 4.91. The summed E-state index contributed by atoms with van der Waals surface area (Å²) in [5.74, 6) is 0.222. The summed E-state index contributed by atoms with van der Waals surface area (Å²) in [6.07, 6.45) is 1.51. The average molecular weight is 405 g/mol. The Labute approximate surface area is 150 Å². The summed E-state index contributed by atoms with van der Waals surface area (Å²) in [6.45, 7) is 0.452. The molecular weight excluding hydrogens is 392 g/mol. The first-order valence-electron chi connectivity index (χ1n) is 7.06. The van der Waals surface area contributed by atoms with Crippen LogP contribution in [0.4, 0.5) is 5.69 Å². The summed E-state index contributed by atoms with van der Waals surface area (Å²) >= 11 is 4.86. The number of pyridine rings is 1. The van der Waals surface area contributed by atoms with Gasteiger partial charge in [0, 0.05) is 21.1 Å². The van der Waals surface area contributed by atoms with E-state index in [9.17, 15) is 9.59 Å². The molecule has 7 heteroatoms. The van der Waals surface area contributed by atoms with Crippen molar-refractivity contribution in [3.8, 4) is 5.75 Å². The van der Waals surface area contributed by atoms with Crippen molar-refractivity contribution in [2.75, 3.05) is 5.32 Å². The third-order valence-corrected chi connectivity index (χ3v) is 4.48. The smallest absolute Gasteiger partial charge is 0.271 e. The van der Waals surface area contributed by atoms with Gasteiger partial charge >= 0.3 is 0 Å². The summed E-state index contributed by atoms with van der Waals surface area (Å²) in [5, 5.41) is 4.58. The molecule has 1 amide bonds. The Balaban J connectivity index is 1.72. The highest BCUT2D eigenvalue weighted by molar-refractivity contribution is 9.10. The highest BCUT2D eigenvalue weighted by Gasteiger charge is 2.10. The van der Waals surface area contributed by atoms with Crippen molar-refractivity contribution >= 4 is 38.9 Å². The standard InChI is InChI=1S/C17H13BrN2O3S/c18-12-8-15(17(22)19-9-12)20-16(21)11-3-1-4-13(7-11)23-10-14-5-2-6-24-14/h1-9H,10H2,(H,19,22)(H,20,21). The number of anilines is 1. The number of halogens is 1. The number of H-pyrrole nitrogens is 1. The first-order chi connectivity index (χ1) is 11.6. The molecule has 0 radical (unpaired) electrons. The highest BCUT2D eigenvalue weighted by Crippen LogP contribution is 2.18. The minimum absolute atomic E-state index is 0.180. The molecule has 0 spiro atoms. The van der Waals surface area contributed by atoms with Gasteiger partial charge in [-0.1, -0.05) is 12.1 Å². The molecule has 122 valence electrons. The average Bonchev–Trinajstić information content (AvgIpc) is 3.10. The van der Waals surface area contributed by atoms with Gasteiger partial charge in [0.1, 0.15) is 18.0 Å². The molecule has 3 rings (SSSR count). The second kappa shape index (κ2) is 7.46. The number of ether oxygens (including phenoxy) is 1. The summed E-state index contributed by atoms with van der Waals surface area (Å²) in [6, 6.07) is 12.3. The first-order valence-corrected chi connectivity index (χ1v) is 8.74. The van der Waals surface area contributed by atoms with Gasteiger partial charge in [-0.3, -0.25) is 9.59 Å². The number of aromatic amines is 1. The molecule has 24 heavy (non-hydrogen) atoms. The highest BCUT2D eigenvalue weighted by atomic mass is 79.9. The fourth-order valence-electron chi connectivity index (χ4n) is 2.02. The van der Waals surface area contributed by atoms with E-state index < -0.39 is 0 Å². The number of carbonyl (C=O) groups is 1. The lowest BCUT2D eigenvalue weighted by Gasteiger charge is -2.08. The molecule has 2 aromatic heterocycles. The van der Waals surface area contributed by atoms with Crippen LogP contribution in [0.2, 0.25) is 0 Å². The monoisotopic (exact) mass is 404 g/mol. The maximum absolute atomic E-state index is 12.3. The molecule has 0 aliphatic rings. The summed E-state index contributed by atoms with van der Waals surface area (Å²) < 4.78 is 6.36. The van der Waals surface area contributed by atoms with Crippen LogP contribution in [0, 0.1) is 0 Å². The molecule has 0 bridgehead atoms. The minimum atomic E-state index is -0.375. The number of thiophene rings is 1. The van der Waals surface area contributed by atoms with E-state index >= 15 is 0 Å². The molecule has 0 atom stereocenters. The summed E-state index contributed by atoms with van der Waals surface area (Å²) in [5.41, 5.74) is 0.231. The third kappa shape index (κ3) is 4.12. The van der Waals surface area contributed by atoms with E-state index in [2.05, 4.69) is 26.2 Å². The van der Waals surface area contributed by atoms with Gasteiger partial charge in [0.25, 0.3) is 11.5 Å². The van der Waals surface area contributed by atoms with Crippen molar-refractivity contribution in [2.24, 2.45) is 0 Å². The molecular formula is C17H13BrN2O3S. The van der Waals surface area contributed by atoms with E-state index in [1.54, 1.807) is 41.7 Å². The number of amides is 1. The first kappa shape index (κ1) is 16.5. The van der Waals surface area contributed by atoms with Crippen LogP contribution in [0.15, 0.2) is 63.3 Å². The van der Waals surface area contributed by atoms with E-state index in [4.69, 9.17) is 4.74 Å². The number of benzene rings is 1. The molecule has 0 aliphatic carbocycles. The normalized spacial score (nSPS) is 10.4. The van der Waals surface area contributed by atoms with Gasteiger partial charge in [-0.25, -0.2) is 0 Å². The fraction of sp³-hybridized carbons (Fsp3) is 0.0588. The lowest BCUT2D eigenvalue weighted by atomic mass is 10.2. The molecule has 1 aromatic carbocycles. The van der Waals surface area contributed by atoms with Crippen LogP contribution >= 0.6 is 27.3 Å². The van der Waals surface area contributed by atoms with Gasteiger partial charge in [-0.2, -0.15) is 0 Å². The quantitative estimate of drug-likeness (QED) is 0.674. The molecule has 5 nitrogen and oxygen atoms in total. The topological polar surface area (TPSA) is 71.2 Å². The van der Waals surface area contributed by atoms with Crippen LogP contribution < -0.4 is 15.6 Å². The van der Waals surface area contributed by atoms with Gasteiger partial charge in [-0.05, 0) is 51.6 Å². The number of carbonyl (C=O) groups excluding carboxylic acids is 1. The number of hydrogen-bond acceptors (Lipinski definition) is 4. The molecule has 0 saturated heterocycles. The van der Waals surface area contributed by atoms with Gasteiger partial charge in [0.2, 0.25) is 0 Å². The molecule has 2 N–H and O–H groups in total. The number of rotatable bonds is 5. The van der Waals surface area contributed by atoms with Crippen LogP contribution in [0.25, 0.3) is 0 Å². The van der Waals surface area contributed by atoms with Crippen LogP contribution in [-0.4, -0.2) is 10.9 Å². The van der Waals surface area contributed by atoms with Gasteiger partial charge in [0.15, 0.2) is 0 Å². The van der Waals surface area contributed by atoms with Gasteiger partial charge in [0.05, 0.1) is 0 Å². The Kier molecular flexibility index (Phi) is 5.12. The number of hydrogen-bond donors (Lipinski definition) is 2. The molecule has 3 aromatic rings. The van der Waals surface area contributed by atoms with E-state index in [1.165, 1.54) is 6.20 Å². The Morgan fingerprint density at radius 3 is 2.92 bits per heavy atom. The lowest BCUT2D eigenvalue weighted by Crippen LogP contribution is -2.19. The van der Waals surface area contributed by atoms with Gasteiger partial charge < -0.3 is 15.0 Å². The Morgan fingerprint density at radius 2 is 2.12 bits per heavy atom. The number of nitrogens with one attached hydrogen (secondary N) is 2. The second-order valence-corrected chi connectivity index (χ2v) is 6.86. The summed E-state index contributed by atoms with van der Waals surface area (Å²) in [7, 11) is 0. The molecule has 0 unspecified atom stereocenters. The van der Waals surface area contributed by atoms with Crippen molar-refractivity contribution in [2.45, 2.75) is 6.61 Å². The number of aromatic nitrogens is 1. The fourth-order valence-corrected chi connectivity index (χ4v) is 2.98.